The quantitative estimate of drug-likeness (QED) is 0.124. The van der Waals surface area contributed by atoms with Crippen molar-refractivity contribution in [1.29, 1.82) is 5.41 Å². The lowest BCUT2D eigenvalue weighted by Gasteiger charge is -2.42. The molecular weight excluding hydrogens is 508 g/mol. The maximum absolute atomic E-state index is 12.0. The van der Waals surface area contributed by atoms with Gasteiger partial charge < -0.3 is 15.4 Å². The van der Waals surface area contributed by atoms with E-state index in [-0.39, 0.29) is 13.1 Å². The summed E-state index contributed by atoms with van der Waals surface area (Å²) in [4.78, 5) is 22.5. The standard InChI is InChI=1S/C28H32N10O2/c1-40-27(39)36-28(14-5-15-28)21-10-8-20(9-11-21)25(29)24(19-6-3-2-4-7-19)26-34-22(12-16-32-37-30)18-23(35-26)13-17-33-38-31/h2-3,6,8-11,18,29,34H,4-5,7,12-17H2,1H3,(H,36,39)/b26-24+,29-25?. The Labute approximate surface area is 232 Å². The molecule has 4 rings (SSSR count). The number of ether oxygens (including phenoxy) is 1. The summed E-state index contributed by atoms with van der Waals surface area (Å²) in [5.41, 5.74) is 22.2. The molecule has 1 saturated carbocycles. The lowest BCUT2D eigenvalue weighted by atomic mass is 9.71. The van der Waals surface area contributed by atoms with Crippen LogP contribution in [0, 0.1) is 5.41 Å². The number of allylic oxidation sites excluding steroid dienone is 6. The van der Waals surface area contributed by atoms with Gasteiger partial charge in [-0.15, -0.1) is 0 Å². The molecule has 206 valence electrons. The Morgan fingerprint density at radius 3 is 2.50 bits per heavy atom. The number of benzene rings is 1. The second kappa shape index (κ2) is 13.3. The first-order chi connectivity index (χ1) is 19.5. The van der Waals surface area contributed by atoms with Crippen molar-refractivity contribution in [2.75, 3.05) is 20.2 Å². The average Bonchev–Trinajstić information content (AvgIpc) is 2.96. The average molecular weight is 541 g/mol. The molecule has 0 spiro atoms. The molecule has 1 fully saturated rings. The maximum atomic E-state index is 12.0. The van der Waals surface area contributed by atoms with Crippen LogP contribution in [0.15, 0.2) is 86.5 Å². The number of aliphatic imine (C=N–C) groups is 1. The number of rotatable bonds is 11. The van der Waals surface area contributed by atoms with Crippen LogP contribution in [0.1, 0.15) is 56.1 Å². The molecule has 1 aliphatic heterocycles. The van der Waals surface area contributed by atoms with Gasteiger partial charge in [-0.3, -0.25) is 5.41 Å². The highest BCUT2D eigenvalue weighted by Crippen LogP contribution is 2.41. The van der Waals surface area contributed by atoms with E-state index in [9.17, 15) is 10.2 Å². The molecule has 3 aliphatic rings. The largest absolute Gasteiger partial charge is 0.453 e. The Morgan fingerprint density at radius 2 is 1.90 bits per heavy atom. The molecule has 0 atom stereocenters. The van der Waals surface area contributed by atoms with Gasteiger partial charge in [-0.05, 0) is 73.2 Å². The van der Waals surface area contributed by atoms with Crippen molar-refractivity contribution < 1.29 is 9.53 Å². The number of hydrogen-bond acceptors (Lipinski definition) is 7. The summed E-state index contributed by atoms with van der Waals surface area (Å²) in [6.07, 6.45) is 12.7. The zero-order valence-corrected chi connectivity index (χ0v) is 22.4. The van der Waals surface area contributed by atoms with Crippen molar-refractivity contribution >= 4 is 17.5 Å². The number of alkyl carbamates (subject to hydrolysis) is 1. The lowest BCUT2D eigenvalue weighted by molar-refractivity contribution is 0.128. The van der Waals surface area contributed by atoms with Crippen molar-refractivity contribution in [3.63, 3.8) is 0 Å². The first kappa shape index (κ1) is 28.2. The van der Waals surface area contributed by atoms with Gasteiger partial charge in [-0.25, -0.2) is 9.79 Å². The van der Waals surface area contributed by atoms with Crippen LogP contribution in [0.3, 0.4) is 0 Å². The van der Waals surface area contributed by atoms with Gasteiger partial charge in [0.2, 0.25) is 0 Å². The molecule has 0 saturated heterocycles. The minimum atomic E-state index is -0.456. The van der Waals surface area contributed by atoms with Crippen LogP contribution in [-0.2, 0) is 10.3 Å². The van der Waals surface area contributed by atoms with Crippen LogP contribution in [0.2, 0.25) is 0 Å². The van der Waals surface area contributed by atoms with Crippen LogP contribution in [-0.4, -0.2) is 37.7 Å². The lowest BCUT2D eigenvalue weighted by Crippen LogP contribution is -2.50. The van der Waals surface area contributed by atoms with Crippen molar-refractivity contribution in [1.82, 2.24) is 10.6 Å². The number of carbonyl (C=O) groups excluding carboxylic acids is 1. The van der Waals surface area contributed by atoms with E-state index in [1.54, 1.807) is 0 Å². The van der Waals surface area contributed by atoms with E-state index >= 15 is 0 Å². The zero-order valence-electron chi connectivity index (χ0n) is 22.4. The predicted molar refractivity (Wildman–Crippen MR) is 154 cm³/mol. The topological polar surface area (TPSA) is 184 Å². The van der Waals surface area contributed by atoms with Gasteiger partial charge in [-0.2, -0.15) is 0 Å². The molecule has 12 nitrogen and oxygen atoms in total. The number of hydrogen-bond donors (Lipinski definition) is 3. The van der Waals surface area contributed by atoms with Gasteiger partial charge in [0.05, 0.1) is 18.4 Å². The van der Waals surface area contributed by atoms with Crippen LogP contribution >= 0.6 is 0 Å². The highest BCUT2D eigenvalue weighted by Gasteiger charge is 2.40. The molecule has 12 heteroatoms. The van der Waals surface area contributed by atoms with E-state index in [1.165, 1.54) is 7.11 Å². The second-order valence-electron chi connectivity index (χ2n) is 9.69. The molecule has 1 heterocycles. The van der Waals surface area contributed by atoms with Crippen molar-refractivity contribution in [2.24, 2.45) is 15.2 Å². The van der Waals surface area contributed by atoms with Gasteiger partial charge in [0.1, 0.15) is 5.82 Å². The molecular formula is C28H32N10O2. The number of azide groups is 2. The van der Waals surface area contributed by atoms with Crippen LogP contribution in [0.5, 0.6) is 0 Å². The monoisotopic (exact) mass is 540 g/mol. The number of nitrogens with one attached hydrogen (secondary N) is 3. The van der Waals surface area contributed by atoms with Gasteiger partial charge in [0.25, 0.3) is 0 Å². The number of methoxy groups -OCH3 is 1. The summed E-state index contributed by atoms with van der Waals surface area (Å²) in [7, 11) is 1.36. The minimum absolute atomic E-state index is 0.254. The van der Waals surface area contributed by atoms with Gasteiger partial charge in [-0.1, -0.05) is 52.7 Å². The van der Waals surface area contributed by atoms with Crippen molar-refractivity contribution in [3.05, 3.63) is 103 Å². The van der Waals surface area contributed by atoms with Crippen LogP contribution < -0.4 is 10.6 Å². The number of carbonyl (C=O) groups is 1. The summed E-state index contributed by atoms with van der Waals surface area (Å²) >= 11 is 0. The second-order valence-corrected chi connectivity index (χ2v) is 9.69. The first-order valence-electron chi connectivity index (χ1n) is 13.2. The number of nitrogens with zero attached hydrogens (tertiary/aromatic N) is 7. The third kappa shape index (κ3) is 6.61. The van der Waals surface area contributed by atoms with Crippen LogP contribution in [0.25, 0.3) is 20.9 Å². The molecule has 1 aromatic carbocycles. The molecule has 2 aliphatic carbocycles. The van der Waals surface area contributed by atoms with Gasteiger partial charge in [0, 0.05) is 45.5 Å². The van der Waals surface area contributed by atoms with Crippen molar-refractivity contribution in [2.45, 2.75) is 50.5 Å². The molecule has 1 amide bonds. The van der Waals surface area contributed by atoms with Gasteiger partial charge in [0.15, 0.2) is 0 Å². The SMILES string of the molecule is COC(=O)NC1(c2ccc(C(=N)/C(C3=CC=CCC3)=C3/N=C(CCN=[N+]=[N-])C=C(CCN=[N+]=[N-])N3)cc2)CCC1. The molecule has 1 aromatic rings. The zero-order chi connectivity index (χ0) is 28.4. The fourth-order valence-electron chi connectivity index (χ4n) is 5.00. The molecule has 40 heavy (non-hydrogen) atoms. The van der Waals surface area contributed by atoms with E-state index < -0.39 is 11.6 Å². The third-order valence-electron chi connectivity index (χ3n) is 7.23. The van der Waals surface area contributed by atoms with E-state index in [0.29, 0.717) is 41.2 Å². The molecule has 0 bridgehead atoms. The highest BCUT2D eigenvalue weighted by molar-refractivity contribution is 6.14. The molecule has 3 N–H and O–H groups in total. The molecule has 0 unspecified atom stereocenters. The fourth-order valence-corrected chi connectivity index (χ4v) is 5.00. The summed E-state index contributed by atoms with van der Waals surface area (Å²) in [5, 5.41) is 22.9. The Morgan fingerprint density at radius 1 is 1.18 bits per heavy atom. The Hall–Kier alpha value is -4.79. The first-order valence-corrected chi connectivity index (χ1v) is 13.2. The Bertz CT molecular complexity index is 1400. The summed E-state index contributed by atoms with van der Waals surface area (Å²) < 4.78 is 4.84. The van der Waals surface area contributed by atoms with Gasteiger partial charge >= 0.3 is 6.09 Å². The fraction of sp³-hybridized carbons (Fsp3) is 0.393. The highest BCUT2D eigenvalue weighted by atomic mass is 16.5. The number of amides is 1. The summed E-state index contributed by atoms with van der Waals surface area (Å²) in [6.45, 7) is 0.525. The van der Waals surface area contributed by atoms with E-state index in [1.807, 2.05) is 42.5 Å². The van der Waals surface area contributed by atoms with Crippen LogP contribution in [0.4, 0.5) is 4.79 Å². The Kier molecular flexibility index (Phi) is 9.40. The predicted octanol–water partition coefficient (Wildman–Crippen LogP) is 6.61. The molecule has 0 aromatic heterocycles. The maximum Gasteiger partial charge on any atom is 0.407 e. The smallest absolute Gasteiger partial charge is 0.407 e. The summed E-state index contributed by atoms with van der Waals surface area (Å²) in [6, 6.07) is 7.74. The third-order valence-corrected chi connectivity index (χ3v) is 7.23. The van der Waals surface area contributed by atoms with E-state index in [4.69, 9.17) is 20.8 Å². The normalized spacial score (nSPS) is 18.3. The van der Waals surface area contributed by atoms with E-state index in [0.717, 1.165) is 48.9 Å². The Balaban J connectivity index is 1.71. The van der Waals surface area contributed by atoms with Crippen molar-refractivity contribution in [3.8, 4) is 0 Å². The minimum Gasteiger partial charge on any atom is -0.453 e. The summed E-state index contributed by atoms with van der Waals surface area (Å²) in [5.74, 6) is 0.535. The van der Waals surface area contributed by atoms with E-state index in [2.05, 4.69) is 36.8 Å². The molecule has 0 radical (unpaired) electrons.